The van der Waals surface area contributed by atoms with Gasteiger partial charge in [0.25, 0.3) is 0 Å². The highest BCUT2D eigenvalue weighted by molar-refractivity contribution is 5.46. The van der Waals surface area contributed by atoms with Crippen LogP contribution in [0.5, 0.6) is 0 Å². The zero-order valence-corrected chi connectivity index (χ0v) is 12.3. The predicted octanol–water partition coefficient (Wildman–Crippen LogP) is 3.10. The van der Waals surface area contributed by atoms with Crippen molar-refractivity contribution >= 4 is 5.82 Å². The molecule has 0 aromatic carbocycles. The Balaban J connectivity index is 2.24. The molecule has 0 amide bonds. The molecule has 0 spiro atoms. The Morgan fingerprint density at radius 2 is 2.21 bits per heavy atom. The Morgan fingerprint density at radius 3 is 2.79 bits per heavy atom. The van der Waals surface area contributed by atoms with Crippen LogP contribution in [-0.4, -0.2) is 23.1 Å². The van der Waals surface area contributed by atoms with Gasteiger partial charge in [-0.1, -0.05) is 13.8 Å². The molecule has 1 aliphatic rings. The van der Waals surface area contributed by atoms with E-state index in [2.05, 4.69) is 42.9 Å². The molecule has 0 radical (unpaired) electrons. The molecule has 1 aliphatic heterocycles. The van der Waals surface area contributed by atoms with Crippen LogP contribution in [0.15, 0.2) is 12.3 Å². The molecule has 1 aromatic rings. The summed E-state index contributed by atoms with van der Waals surface area (Å²) in [4.78, 5) is 6.37. The molecule has 1 fully saturated rings. The molecule has 0 aliphatic carbocycles. The largest absolute Gasteiger partial charge is 0.349 e. The number of hydrogen-bond acceptors (Lipinski definition) is 3. The normalized spacial score (nSPS) is 18.3. The summed E-state index contributed by atoms with van der Waals surface area (Å²) in [6, 6.07) is 2.11. The molecule has 106 valence electrons. The molecule has 1 saturated heterocycles. The number of aromatic nitrogens is 1. The number of hydrogen-bond donors (Lipinski definition) is 1. The average molecular weight is 265 g/mol. The van der Waals surface area contributed by atoms with Crippen molar-refractivity contribution in [3.8, 4) is 0 Å². The number of anilines is 1. The second-order valence-corrected chi connectivity index (χ2v) is 6.21. The van der Waals surface area contributed by atoms with Crippen molar-refractivity contribution in [3.05, 3.63) is 23.6 Å². The van der Waals surface area contributed by atoms with Gasteiger partial charge in [0, 0.05) is 36.4 Å². The minimum Gasteiger partial charge on any atom is -0.349 e. The van der Waals surface area contributed by atoms with Crippen molar-refractivity contribution in [1.29, 1.82) is 0 Å². The van der Waals surface area contributed by atoms with Crippen molar-refractivity contribution < 1.29 is 4.39 Å². The van der Waals surface area contributed by atoms with Crippen LogP contribution >= 0.6 is 0 Å². The monoisotopic (exact) mass is 265 g/mol. The Bertz CT molecular complexity index is 443. The van der Waals surface area contributed by atoms with Crippen LogP contribution < -0.4 is 10.2 Å². The lowest BCUT2D eigenvalue weighted by Crippen LogP contribution is -2.39. The zero-order chi connectivity index (χ0) is 14.0. The van der Waals surface area contributed by atoms with Crippen LogP contribution in [0.1, 0.15) is 46.1 Å². The van der Waals surface area contributed by atoms with E-state index in [9.17, 15) is 4.39 Å². The van der Waals surface area contributed by atoms with E-state index in [1.807, 2.05) is 0 Å². The fourth-order valence-corrected chi connectivity index (χ4v) is 2.61. The average Bonchev–Trinajstić information content (AvgIpc) is 2.67. The van der Waals surface area contributed by atoms with E-state index in [1.165, 1.54) is 0 Å². The third kappa shape index (κ3) is 3.06. The number of nitrogens with one attached hydrogen (secondary N) is 1. The van der Waals surface area contributed by atoms with Gasteiger partial charge in [0.15, 0.2) is 11.6 Å². The Labute approximate surface area is 115 Å². The SMILES string of the molecule is CC(C)NCc1ccnc(N2CCCC2(C)C)c1F. The molecule has 0 bridgehead atoms. The Kier molecular flexibility index (Phi) is 4.09. The van der Waals surface area contributed by atoms with Crippen LogP contribution in [-0.2, 0) is 6.54 Å². The first-order valence-electron chi connectivity index (χ1n) is 7.06. The van der Waals surface area contributed by atoms with Gasteiger partial charge in [0.1, 0.15) is 0 Å². The molecule has 0 saturated carbocycles. The van der Waals surface area contributed by atoms with Gasteiger partial charge in [-0.2, -0.15) is 0 Å². The molecule has 0 unspecified atom stereocenters. The lowest BCUT2D eigenvalue weighted by molar-refractivity contribution is 0.495. The Morgan fingerprint density at radius 1 is 1.47 bits per heavy atom. The number of rotatable bonds is 4. The smallest absolute Gasteiger partial charge is 0.170 e. The summed E-state index contributed by atoms with van der Waals surface area (Å²) in [5, 5.41) is 3.25. The van der Waals surface area contributed by atoms with Crippen LogP contribution in [0.2, 0.25) is 0 Å². The Hall–Kier alpha value is -1.16. The van der Waals surface area contributed by atoms with Gasteiger partial charge in [-0.3, -0.25) is 0 Å². The number of nitrogens with zero attached hydrogens (tertiary/aromatic N) is 2. The van der Waals surface area contributed by atoms with Crippen molar-refractivity contribution in [3.63, 3.8) is 0 Å². The standard InChI is InChI=1S/C15H24FN3/c1-11(2)18-10-12-6-8-17-14(13(12)16)19-9-5-7-15(19,3)4/h6,8,11,18H,5,7,9-10H2,1-4H3. The molecule has 3 nitrogen and oxygen atoms in total. The highest BCUT2D eigenvalue weighted by atomic mass is 19.1. The first-order chi connectivity index (χ1) is 8.92. The van der Waals surface area contributed by atoms with E-state index in [1.54, 1.807) is 12.3 Å². The highest BCUT2D eigenvalue weighted by Gasteiger charge is 2.34. The van der Waals surface area contributed by atoms with E-state index in [0.717, 1.165) is 19.4 Å². The number of halogens is 1. The summed E-state index contributed by atoms with van der Waals surface area (Å²) in [7, 11) is 0. The van der Waals surface area contributed by atoms with E-state index >= 15 is 0 Å². The van der Waals surface area contributed by atoms with Crippen LogP contribution in [0.3, 0.4) is 0 Å². The van der Waals surface area contributed by atoms with Crippen LogP contribution in [0.25, 0.3) is 0 Å². The summed E-state index contributed by atoms with van der Waals surface area (Å²) >= 11 is 0. The molecule has 1 aromatic heterocycles. The fourth-order valence-electron chi connectivity index (χ4n) is 2.61. The fraction of sp³-hybridized carbons (Fsp3) is 0.667. The maximum Gasteiger partial charge on any atom is 0.170 e. The summed E-state index contributed by atoms with van der Waals surface area (Å²) in [6.45, 7) is 9.86. The molecule has 2 heterocycles. The second kappa shape index (κ2) is 5.45. The molecule has 2 rings (SSSR count). The lowest BCUT2D eigenvalue weighted by Gasteiger charge is -2.33. The first kappa shape index (κ1) is 14.3. The van der Waals surface area contributed by atoms with E-state index in [4.69, 9.17) is 0 Å². The molecule has 1 N–H and O–H groups in total. The van der Waals surface area contributed by atoms with Gasteiger partial charge < -0.3 is 10.2 Å². The van der Waals surface area contributed by atoms with Crippen molar-refractivity contribution in [2.75, 3.05) is 11.4 Å². The van der Waals surface area contributed by atoms with Crippen LogP contribution in [0, 0.1) is 5.82 Å². The van der Waals surface area contributed by atoms with E-state index in [0.29, 0.717) is 24.0 Å². The third-order valence-electron chi connectivity index (χ3n) is 3.81. The summed E-state index contributed by atoms with van der Waals surface area (Å²) in [5.74, 6) is 0.330. The summed E-state index contributed by atoms with van der Waals surface area (Å²) in [6.07, 6.45) is 3.90. The minimum absolute atomic E-state index is 0.00204. The maximum atomic E-state index is 14.6. The summed E-state index contributed by atoms with van der Waals surface area (Å²) < 4.78 is 14.6. The van der Waals surface area contributed by atoms with E-state index < -0.39 is 0 Å². The van der Waals surface area contributed by atoms with Gasteiger partial charge in [-0.25, -0.2) is 9.37 Å². The molecular formula is C15H24FN3. The molecule has 0 atom stereocenters. The first-order valence-corrected chi connectivity index (χ1v) is 7.06. The van der Waals surface area contributed by atoms with Gasteiger partial charge in [0.2, 0.25) is 0 Å². The molecule has 19 heavy (non-hydrogen) atoms. The predicted molar refractivity (Wildman–Crippen MR) is 76.8 cm³/mol. The topological polar surface area (TPSA) is 28.2 Å². The van der Waals surface area contributed by atoms with Gasteiger partial charge >= 0.3 is 0 Å². The third-order valence-corrected chi connectivity index (χ3v) is 3.81. The van der Waals surface area contributed by atoms with Crippen molar-refractivity contribution in [1.82, 2.24) is 10.3 Å². The molecule has 4 heteroatoms. The lowest BCUT2D eigenvalue weighted by atomic mass is 10.0. The quantitative estimate of drug-likeness (QED) is 0.906. The maximum absolute atomic E-state index is 14.6. The second-order valence-electron chi connectivity index (χ2n) is 6.21. The zero-order valence-electron chi connectivity index (χ0n) is 12.3. The minimum atomic E-state index is -0.175. The number of pyridine rings is 1. The van der Waals surface area contributed by atoms with Crippen molar-refractivity contribution in [2.45, 2.75) is 58.7 Å². The van der Waals surface area contributed by atoms with Crippen LogP contribution in [0.4, 0.5) is 10.2 Å². The highest BCUT2D eigenvalue weighted by Crippen LogP contribution is 2.34. The van der Waals surface area contributed by atoms with Gasteiger partial charge in [-0.05, 0) is 32.8 Å². The van der Waals surface area contributed by atoms with Gasteiger partial charge in [0.05, 0.1) is 0 Å². The van der Waals surface area contributed by atoms with E-state index in [-0.39, 0.29) is 11.4 Å². The van der Waals surface area contributed by atoms with Crippen molar-refractivity contribution in [2.24, 2.45) is 0 Å². The summed E-state index contributed by atoms with van der Waals surface area (Å²) in [5.41, 5.74) is 0.694. The molecular weight excluding hydrogens is 241 g/mol. The van der Waals surface area contributed by atoms with Gasteiger partial charge in [-0.15, -0.1) is 0 Å².